The monoisotopic (exact) mass is 429 g/mol. The number of hydrogen-bond acceptors (Lipinski definition) is 6. The fourth-order valence-corrected chi connectivity index (χ4v) is 3.89. The Morgan fingerprint density at radius 3 is 2.48 bits per heavy atom. The van der Waals surface area contributed by atoms with Gasteiger partial charge in [0.25, 0.3) is 0 Å². The second-order valence-electron chi connectivity index (χ2n) is 9.52. The molecule has 0 radical (unpaired) electrons. The topological polar surface area (TPSA) is 94.8 Å². The number of ether oxygens (including phenoxy) is 2. The zero-order valence-electron chi connectivity index (χ0n) is 19.1. The van der Waals surface area contributed by atoms with Gasteiger partial charge in [-0.25, -0.2) is 14.4 Å². The fraction of sp³-hybridized carbons (Fsp3) is 0.542. The molecule has 3 rings (SSSR count). The summed E-state index contributed by atoms with van der Waals surface area (Å²) in [6, 6.07) is 2.68. The number of nitrogens with one attached hydrogen (secondary N) is 1. The molecule has 31 heavy (non-hydrogen) atoms. The van der Waals surface area contributed by atoms with Crippen LogP contribution in [-0.4, -0.2) is 23.7 Å². The van der Waals surface area contributed by atoms with E-state index in [9.17, 15) is 14.4 Å². The number of carbonyl (C=O) groups excluding carboxylic acids is 2. The molecule has 1 aromatic heterocycles. The smallest absolute Gasteiger partial charge is 0.408 e. The summed E-state index contributed by atoms with van der Waals surface area (Å²) in [5.74, 6) is -0.144. The molecule has 1 aromatic carbocycles. The Bertz CT molecular complexity index is 1060. The Hall–Kier alpha value is -2.83. The second kappa shape index (κ2) is 8.73. The molecule has 1 amide bonds. The van der Waals surface area contributed by atoms with Gasteiger partial charge in [0.1, 0.15) is 23.0 Å². The lowest BCUT2D eigenvalue weighted by Crippen LogP contribution is -2.45. The first-order valence-electron chi connectivity index (χ1n) is 10.8. The maximum absolute atomic E-state index is 12.9. The van der Waals surface area contributed by atoms with Crippen LogP contribution in [0.5, 0.6) is 5.75 Å². The highest BCUT2D eigenvalue weighted by molar-refractivity contribution is 5.88. The van der Waals surface area contributed by atoms with Crippen molar-refractivity contribution in [1.82, 2.24) is 5.32 Å². The molecule has 0 saturated heterocycles. The normalized spacial score (nSPS) is 14.4. The van der Waals surface area contributed by atoms with Crippen molar-refractivity contribution < 1.29 is 23.5 Å². The summed E-state index contributed by atoms with van der Waals surface area (Å²) in [4.78, 5) is 37.5. The standard InChI is InChI=1S/C24H31NO6/c1-13(2)12-18(25-23(28)31-24(4,5)6)22(27)29-19-11-10-16-15-8-7-9-17(15)21(26)30-20(16)14(19)3/h10-11,13,18H,7-9,12H2,1-6H3,(H,25,28)/t18-/m1/s1. The number of esters is 1. The van der Waals surface area contributed by atoms with Crippen molar-refractivity contribution in [2.75, 3.05) is 0 Å². The maximum atomic E-state index is 12.9. The van der Waals surface area contributed by atoms with Gasteiger partial charge in [0.05, 0.1) is 0 Å². The lowest BCUT2D eigenvalue weighted by Gasteiger charge is -2.24. The predicted octanol–water partition coefficient (Wildman–Crippen LogP) is 4.43. The summed E-state index contributed by atoms with van der Waals surface area (Å²) in [7, 11) is 0. The van der Waals surface area contributed by atoms with Gasteiger partial charge in [-0.1, -0.05) is 13.8 Å². The molecule has 0 aliphatic heterocycles. The molecule has 0 unspecified atom stereocenters. The Kier molecular flexibility index (Phi) is 6.43. The van der Waals surface area contributed by atoms with Crippen LogP contribution in [0.15, 0.2) is 21.3 Å². The van der Waals surface area contributed by atoms with Crippen LogP contribution in [0.3, 0.4) is 0 Å². The molecular formula is C24H31NO6. The van der Waals surface area contributed by atoms with E-state index in [4.69, 9.17) is 13.9 Å². The molecule has 0 bridgehead atoms. The lowest BCUT2D eigenvalue weighted by molar-refractivity contribution is -0.137. The van der Waals surface area contributed by atoms with Gasteiger partial charge >= 0.3 is 17.7 Å². The van der Waals surface area contributed by atoms with Crippen LogP contribution < -0.4 is 15.7 Å². The van der Waals surface area contributed by atoms with Crippen molar-refractivity contribution in [2.24, 2.45) is 5.92 Å². The summed E-state index contributed by atoms with van der Waals surface area (Å²) in [6.45, 7) is 10.9. The Labute approximate surface area is 182 Å². The van der Waals surface area contributed by atoms with E-state index < -0.39 is 23.7 Å². The van der Waals surface area contributed by atoms with E-state index in [1.807, 2.05) is 19.9 Å². The highest BCUT2D eigenvalue weighted by atomic mass is 16.6. The number of benzene rings is 1. The van der Waals surface area contributed by atoms with Crippen molar-refractivity contribution in [2.45, 2.75) is 78.9 Å². The number of fused-ring (bicyclic) bond motifs is 3. The van der Waals surface area contributed by atoms with Gasteiger partial charge in [0, 0.05) is 16.5 Å². The lowest BCUT2D eigenvalue weighted by atomic mass is 10.0. The van der Waals surface area contributed by atoms with Crippen LogP contribution in [0.2, 0.25) is 0 Å². The van der Waals surface area contributed by atoms with Crippen LogP contribution in [0.1, 0.15) is 64.2 Å². The largest absolute Gasteiger partial charge is 0.444 e. The minimum Gasteiger partial charge on any atom is -0.444 e. The van der Waals surface area contributed by atoms with E-state index in [2.05, 4.69) is 5.32 Å². The van der Waals surface area contributed by atoms with Crippen molar-refractivity contribution in [3.8, 4) is 5.75 Å². The Morgan fingerprint density at radius 2 is 1.84 bits per heavy atom. The molecule has 1 atom stereocenters. The zero-order valence-corrected chi connectivity index (χ0v) is 19.1. The summed E-state index contributed by atoms with van der Waals surface area (Å²) in [6.07, 6.45) is 2.23. The van der Waals surface area contributed by atoms with E-state index in [1.165, 1.54) is 0 Å². The summed E-state index contributed by atoms with van der Waals surface area (Å²) in [5, 5.41) is 3.50. The van der Waals surface area contributed by atoms with Gasteiger partial charge in [0.2, 0.25) is 0 Å². The molecule has 0 fully saturated rings. The quantitative estimate of drug-likeness (QED) is 0.429. The molecule has 1 aliphatic rings. The van der Waals surface area contributed by atoms with E-state index in [1.54, 1.807) is 33.8 Å². The SMILES string of the molecule is Cc1c(OC(=O)[C@@H](CC(C)C)NC(=O)OC(C)(C)C)ccc2c3c(c(=O)oc12)CCC3. The van der Waals surface area contributed by atoms with E-state index in [0.717, 1.165) is 35.8 Å². The molecule has 1 heterocycles. The van der Waals surface area contributed by atoms with Gasteiger partial charge in [-0.2, -0.15) is 0 Å². The van der Waals surface area contributed by atoms with Gasteiger partial charge in [-0.3, -0.25) is 0 Å². The van der Waals surface area contributed by atoms with Crippen molar-refractivity contribution in [1.29, 1.82) is 0 Å². The predicted molar refractivity (Wildman–Crippen MR) is 117 cm³/mol. The number of carbonyl (C=O) groups is 2. The van der Waals surface area contributed by atoms with Crippen LogP contribution in [0.4, 0.5) is 4.79 Å². The third kappa shape index (κ3) is 5.27. The van der Waals surface area contributed by atoms with Crippen molar-refractivity contribution in [3.63, 3.8) is 0 Å². The fourth-order valence-electron chi connectivity index (χ4n) is 3.89. The third-order valence-electron chi connectivity index (χ3n) is 5.23. The highest BCUT2D eigenvalue weighted by Crippen LogP contribution is 2.33. The van der Waals surface area contributed by atoms with Crippen LogP contribution >= 0.6 is 0 Å². The highest BCUT2D eigenvalue weighted by Gasteiger charge is 2.28. The van der Waals surface area contributed by atoms with E-state index >= 15 is 0 Å². The van der Waals surface area contributed by atoms with Gasteiger partial charge in [-0.15, -0.1) is 0 Å². The minimum absolute atomic E-state index is 0.144. The summed E-state index contributed by atoms with van der Waals surface area (Å²) >= 11 is 0. The molecule has 7 heteroatoms. The second-order valence-corrected chi connectivity index (χ2v) is 9.52. The number of alkyl carbamates (subject to hydrolysis) is 1. The Morgan fingerprint density at radius 1 is 1.16 bits per heavy atom. The zero-order chi connectivity index (χ0) is 22.9. The number of rotatable bonds is 5. The molecule has 0 spiro atoms. The van der Waals surface area contributed by atoms with Crippen LogP contribution in [0, 0.1) is 12.8 Å². The van der Waals surface area contributed by atoms with Crippen LogP contribution in [-0.2, 0) is 22.4 Å². The third-order valence-corrected chi connectivity index (χ3v) is 5.23. The summed E-state index contributed by atoms with van der Waals surface area (Å²) < 4.78 is 16.5. The number of amides is 1. The van der Waals surface area contributed by atoms with Gasteiger partial charge in [-0.05, 0) is 77.0 Å². The van der Waals surface area contributed by atoms with Crippen molar-refractivity contribution >= 4 is 23.0 Å². The number of hydrogen-bond donors (Lipinski definition) is 1. The molecule has 7 nitrogen and oxygen atoms in total. The van der Waals surface area contributed by atoms with Gasteiger partial charge < -0.3 is 19.2 Å². The van der Waals surface area contributed by atoms with Crippen LogP contribution in [0.25, 0.3) is 11.0 Å². The molecule has 168 valence electrons. The molecule has 1 aliphatic carbocycles. The first-order chi connectivity index (χ1) is 14.5. The first-order valence-corrected chi connectivity index (χ1v) is 10.8. The Balaban J connectivity index is 1.86. The minimum atomic E-state index is -0.864. The average Bonchev–Trinajstić information content (AvgIpc) is 3.13. The molecule has 1 N–H and O–H groups in total. The summed E-state index contributed by atoms with van der Waals surface area (Å²) in [5.41, 5.74) is 1.79. The molecular weight excluding hydrogens is 398 g/mol. The van der Waals surface area contributed by atoms with E-state index in [-0.39, 0.29) is 11.5 Å². The van der Waals surface area contributed by atoms with E-state index in [0.29, 0.717) is 23.3 Å². The van der Waals surface area contributed by atoms with Crippen molar-refractivity contribution in [3.05, 3.63) is 39.2 Å². The first kappa shape index (κ1) is 22.8. The average molecular weight is 430 g/mol. The molecule has 2 aromatic rings. The number of aryl methyl sites for hydroxylation is 2. The van der Waals surface area contributed by atoms with Gasteiger partial charge in [0.15, 0.2) is 0 Å². The molecule has 0 saturated carbocycles. The maximum Gasteiger partial charge on any atom is 0.408 e.